The largest absolute Gasteiger partial charge is 0.497 e. The Morgan fingerprint density at radius 2 is 1.96 bits per heavy atom. The van der Waals surface area contributed by atoms with Gasteiger partial charge in [-0.2, -0.15) is 9.78 Å². The number of methoxy groups -OCH3 is 1. The van der Waals surface area contributed by atoms with Gasteiger partial charge in [-0.3, -0.25) is 4.79 Å². The van der Waals surface area contributed by atoms with E-state index in [4.69, 9.17) is 16.3 Å². The standard InChI is InChI=1S/C18H16ClN3O2/c1-24-15-9-5-6-13(10-15)11-20-16-12-21-22(18(23)17(16)19)14-7-3-2-4-8-14/h2-10,12,20H,11H2,1H3. The average molecular weight is 342 g/mol. The third kappa shape index (κ3) is 3.41. The number of aromatic nitrogens is 2. The number of hydrogen-bond donors (Lipinski definition) is 1. The van der Waals surface area contributed by atoms with Crippen molar-refractivity contribution in [2.24, 2.45) is 0 Å². The molecule has 0 aliphatic heterocycles. The Hall–Kier alpha value is -2.79. The van der Waals surface area contributed by atoms with E-state index in [2.05, 4.69) is 10.4 Å². The molecule has 0 aliphatic carbocycles. The van der Waals surface area contributed by atoms with Gasteiger partial charge in [0.2, 0.25) is 0 Å². The summed E-state index contributed by atoms with van der Waals surface area (Å²) in [5.74, 6) is 0.776. The van der Waals surface area contributed by atoms with Crippen LogP contribution in [0.1, 0.15) is 5.56 Å². The molecule has 0 atom stereocenters. The van der Waals surface area contributed by atoms with Gasteiger partial charge in [-0.1, -0.05) is 41.9 Å². The van der Waals surface area contributed by atoms with Gasteiger partial charge >= 0.3 is 0 Å². The van der Waals surface area contributed by atoms with E-state index in [0.717, 1.165) is 11.3 Å². The first-order chi connectivity index (χ1) is 11.7. The molecule has 0 radical (unpaired) electrons. The van der Waals surface area contributed by atoms with Gasteiger partial charge < -0.3 is 10.1 Å². The number of nitrogens with zero attached hydrogens (tertiary/aromatic N) is 2. The van der Waals surface area contributed by atoms with Gasteiger partial charge in [0, 0.05) is 6.54 Å². The third-order valence-corrected chi connectivity index (χ3v) is 3.90. The second kappa shape index (κ2) is 7.19. The van der Waals surface area contributed by atoms with Crippen LogP contribution in [0, 0.1) is 0 Å². The molecule has 3 rings (SSSR count). The number of para-hydroxylation sites is 1. The van der Waals surface area contributed by atoms with Crippen molar-refractivity contribution in [1.82, 2.24) is 9.78 Å². The maximum atomic E-state index is 12.4. The molecule has 1 N–H and O–H groups in total. The monoisotopic (exact) mass is 341 g/mol. The van der Waals surface area contributed by atoms with Crippen LogP contribution < -0.4 is 15.6 Å². The highest BCUT2D eigenvalue weighted by Gasteiger charge is 2.10. The van der Waals surface area contributed by atoms with E-state index in [1.807, 2.05) is 42.5 Å². The molecule has 0 fully saturated rings. The van der Waals surface area contributed by atoms with Crippen molar-refractivity contribution in [2.45, 2.75) is 6.54 Å². The van der Waals surface area contributed by atoms with E-state index < -0.39 is 0 Å². The van der Waals surface area contributed by atoms with Crippen molar-refractivity contribution in [2.75, 3.05) is 12.4 Å². The van der Waals surface area contributed by atoms with Gasteiger partial charge in [0.25, 0.3) is 5.56 Å². The Balaban J connectivity index is 1.82. The SMILES string of the molecule is COc1cccc(CNc2cnn(-c3ccccc3)c(=O)c2Cl)c1. The Bertz CT molecular complexity index is 894. The topological polar surface area (TPSA) is 56.1 Å². The summed E-state index contributed by atoms with van der Waals surface area (Å²) in [5.41, 5.74) is 1.82. The minimum atomic E-state index is -0.362. The fourth-order valence-corrected chi connectivity index (χ4v) is 2.48. The van der Waals surface area contributed by atoms with Crippen molar-refractivity contribution in [1.29, 1.82) is 0 Å². The van der Waals surface area contributed by atoms with Gasteiger partial charge in [-0.05, 0) is 29.8 Å². The molecular formula is C18H16ClN3O2. The number of halogens is 1. The molecule has 1 heterocycles. The minimum Gasteiger partial charge on any atom is -0.497 e. The molecule has 1 aromatic heterocycles. The van der Waals surface area contributed by atoms with Crippen molar-refractivity contribution in [3.05, 3.63) is 81.7 Å². The minimum absolute atomic E-state index is 0.108. The summed E-state index contributed by atoms with van der Waals surface area (Å²) in [6.07, 6.45) is 1.55. The molecule has 2 aromatic carbocycles. The zero-order valence-electron chi connectivity index (χ0n) is 13.1. The van der Waals surface area contributed by atoms with Crippen molar-refractivity contribution in [3.8, 4) is 11.4 Å². The zero-order valence-corrected chi connectivity index (χ0v) is 13.8. The Labute approximate surface area is 144 Å². The molecule has 0 amide bonds. The lowest BCUT2D eigenvalue weighted by molar-refractivity contribution is 0.414. The highest BCUT2D eigenvalue weighted by molar-refractivity contribution is 6.32. The van der Waals surface area contributed by atoms with Gasteiger partial charge in [0.15, 0.2) is 0 Å². The third-order valence-electron chi connectivity index (χ3n) is 3.54. The smallest absolute Gasteiger partial charge is 0.292 e. The van der Waals surface area contributed by atoms with Crippen LogP contribution in [0.4, 0.5) is 5.69 Å². The lowest BCUT2D eigenvalue weighted by Gasteiger charge is -2.11. The maximum Gasteiger partial charge on any atom is 0.292 e. The molecule has 5 nitrogen and oxygen atoms in total. The molecule has 0 saturated heterocycles. The summed E-state index contributed by atoms with van der Waals surface area (Å²) in [6, 6.07) is 16.8. The van der Waals surface area contributed by atoms with Crippen LogP contribution in [-0.2, 0) is 6.54 Å². The van der Waals surface area contributed by atoms with E-state index >= 15 is 0 Å². The number of rotatable bonds is 5. The number of anilines is 1. The second-order valence-corrected chi connectivity index (χ2v) is 5.51. The Morgan fingerprint density at radius 3 is 2.71 bits per heavy atom. The highest BCUT2D eigenvalue weighted by Crippen LogP contribution is 2.19. The van der Waals surface area contributed by atoms with Crippen molar-refractivity contribution >= 4 is 17.3 Å². The fraction of sp³-hybridized carbons (Fsp3) is 0.111. The van der Waals surface area contributed by atoms with Gasteiger partial charge in [-0.15, -0.1) is 0 Å². The van der Waals surface area contributed by atoms with E-state index in [0.29, 0.717) is 17.9 Å². The van der Waals surface area contributed by atoms with Crippen LogP contribution in [0.3, 0.4) is 0 Å². The number of nitrogens with one attached hydrogen (secondary N) is 1. The van der Waals surface area contributed by atoms with Crippen LogP contribution in [0.25, 0.3) is 5.69 Å². The predicted molar refractivity (Wildman–Crippen MR) is 95.2 cm³/mol. The average Bonchev–Trinajstić information content (AvgIpc) is 2.64. The highest BCUT2D eigenvalue weighted by atomic mass is 35.5. The first-order valence-electron chi connectivity index (χ1n) is 7.39. The van der Waals surface area contributed by atoms with Crippen LogP contribution in [0.15, 0.2) is 65.6 Å². The molecule has 0 bridgehead atoms. The van der Waals surface area contributed by atoms with Crippen molar-refractivity contribution in [3.63, 3.8) is 0 Å². The molecule has 3 aromatic rings. The summed E-state index contributed by atoms with van der Waals surface area (Å²) >= 11 is 6.21. The van der Waals surface area contributed by atoms with E-state index in [1.165, 1.54) is 4.68 Å². The van der Waals surface area contributed by atoms with E-state index in [1.54, 1.807) is 25.4 Å². The molecule has 24 heavy (non-hydrogen) atoms. The number of ether oxygens (including phenoxy) is 1. The quantitative estimate of drug-likeness (QED) is 0.771. The molecule has 0 unspecified atom stereocenters. The summed E-state index contributed by atoms with van der Waals surface area (Å²) < 4.78 is 6.47. The van der Waals surface area contributed by atoms with Crippen LogP contribution >= 0.6 is 11.6 Å². The first-order valence-corrected chi connectivity index (χ1v) is 7.77. The molecule has 0 aliphatic rings. The number of hydrogen-bond acceptors (Lipinski definition) is 4. The van der Waals surface area contributed by atoms with Gasteiger partial charge in [0.05, 0.1) is 24.7 Å². The summed E-state index contributed by atoms with van der Waals surface area (Å²) in [4.78, 5) is 12.4. The molecule has 6 heteroatoms. The Kier molecular flexibility index (Phi) is 4.82. The van der Waals surface area contributed by atoms with E-state index in [-0.39, 0.29) is 10.6 Å². The summed E-state index contributed by atoms with van der Waals surface area (Å²) in [6.45, 7) is 0.507. The number of benzene rings is 2. The maximum absolute atomic E-state index is 12.4. The lowest BCUT2D eigenvalue weighted by Crippen LogP contribution is -2.22. The predicted octanol–water partition coefficient (Wildman–Crippen LogP) is 3.51. The zero-order chi connectivity index (χ0) is 16.9. The Morgan fingerprint density at radius 1 is 1.17 bits per heavy atom. The summed E-state index contributed by atoms with van der Waals surface area (Å²) in [5, 5.41) is 7.43. The van der Waals surface area contributed by atoms with Crippen LogP contribution in [0.5, 0.6) is 5.75 Å². The van der Waals surface area contributed by atoms with Gasteiger partial charge in [-0.25, -0.2) is 0 Å². The second-order valence-electron chi connectivity index (χ2n) is 5.13. The first kappa shape index (κ1) is 16.1. The molecule has 122 valence electrons. The van der Waals surface area contributed by atoms with Crippen molar-refractivity contribution < 1.29 is 4.74 Å². The van der Waals surface area contributed by atoms with E-state index in [9.17, 15) is 4.79 Å². The lowest BCUT2D eigenvalue weighted by atomic mass is 10.2. The summed E-state index contributed by atoms with van der Waals surface area (Å²) in [7, 11) is 1.62. The molecule has 0 saturated carbocycles. The van der Waals surface area contributed by atoms with Gasteiger partial charge in [0.1, 0.15) is 10.8 Å². The van der Waals surface area contributed by atoms with Crippen LogP contribution in [0.2, 0.25) is 5.02 Å². The normalized spacial score (nSPS) is 10.4. The van der Waals surface area contributed by atoms with Crippen LogP contribution in [-0.4, -0.2) is 16.9 Å². The fourth-order valence-electron chi connectivity index (χ4n) is 2.29. The molecule has 0 spiro atoms. The molecular weight excluding hydrogens is 326 g/mol.